The number of hydrogen-bond acceptors (Lipinski definition) is 6. The second-order valence-electron chi connectivity index (χ2n) is 7.52. The summed E-state index contributed by atoms with van der Waals surface area (Å²) >= 11 is 2.44. The number of alkyl halides is 3. The molecule has 1 aromatic carbocycles. The first-order valence-corrected chi connectivity index (χ1v) is 12.5. The first kappa shape index (κ1) is 25.0. The molecule has 0 unspecified atom stereocenters. The number of nitrogens with zero attached hydrogens (tertiary/aromatic N) is 1. The lowest BCUT2D eigenvalue weighted by atomic mass is 10.1. The van der Waals surface area contributed by atoms with E-state index in [1.54, 1.807) is 16.8 Å². The van der Waals surface area contributed by atoms with Gasteiger partial charge in [-0.1, -0.05) is 39.0 Å². The average Bonchev–Trinajstić information content (AvgIpc) is 3.42. The molecule has 3 aromatic rings. The van der Waals surface area contributed by atoms with Gasteiger partial charge in [0.15, 0.2) is 5.13 Å². The van der Waals surface area contributed by atoms with Crippen LogP contribution in [0.1, 0.15) is 60.7 Å². The third-order valence-electron chi connectivity index (χ3n) is 4.96. The summed E-state index contributed by atoms with van der Waals surface area (Å²) in [5, 5.41) is 6.77. The summed E-state index contributed by atoms with van der Waals surface area (Å²) in [6, 6.07) is 5.63. The predicted octanol–water partition coefficient (Wildman–Crippen LogP) is 7.47. The highest BCUT2D eigenvalue weighted by Gasteiger charge is 2.34. The van der Waals surface area contributed by atoms with E-state index >= 15 is 0 Å². The molecule has 0 fully saturated rings. The standard InChI is InChI=1S/C23H26F3N3O2S2/c1-2-3-4-5-6-7-11-31-19-9-8-15(13-17(19)23(24,25)26)28-22-29-18(14-33-22)16-10-12-32-20(16)21(27)30/h8-10,12-14H,2-7,11H2,1H3,(H2,27,30)(H,28,29). The van der Waals surface area contributed by atoms with Crippen molar-refractivity contribution in [3.05, 3.63) is 45.5 Å². The molecule has 0 atom stereocenters. The molecule has 0 aliphatic rings. The van der Waals surface area contributed by atoms with Crippen LogP contribution in [0.2, 0.25) is 0 Å². The van der Waals surface area contributed by atoms with Crippen molar-refractivity contribution >= 4 is 39.4 Å². The number of unbranched alkanes of at least 4 members (excludes halogenated alkanes) is 5. The van der Waals surface area contributed by atoms with Gasteiger partial charge in [-0.15, -0.1) is 22.7 Å². The molecule has 33 heavy (non-hydrogen) atoms. The van der Waals surface area contributed by atoms with E-state index in [4.69, 9.17) is 10.5 Å². The molecule has 1 amide bonds. The van der Waals surface area contributed by atoms with E-state index in [0.29, 0.717) is 21.3 Å². The molecule has 178 valence electrons. The second kappa shape index (κ2) is 11.5. The Bertz CT molecular complexity index is 1060. The van der Waals surface area contributed by atoms with E-state index in [9.17, 15) is 18.0 Å². The fraction of sp³-hybridized carbons (Fsp3) is 0.391. The Morgan fingerprint density at radius 2 is 1.88 bits per heavy atom. The van der Waals surface area contributed by atoms with Gasteiger partial charge in [-0.05, 0) is 36.1 Å². The maximum absolute atomic E-state index is 13.6. The molecule has 0 aliphatic heterocycles. The number of aromatic nitrogens is 1. The van der Waals surface area contributed by atoms with E-state index in [1.165, 1.54) is 41.2 Å². The van der Waals surface area contributed by atoms with Gasteiger partial charge in [0.25, 0.3) is 5.91 Å². The summed E-state index contributed by atoms with van der Waals surface area (Å²) < 4.78 is 46.3. The van der Waals surface area contributed by atoms with E-state index in [-0.39, 0.29) is 18.0 Å². The number of amides is 1. The summed E-state index contributed by atoms with van der Waals surface area (Å²) in [5.74, 6) is -0.723. The third kappa shape index (κ3) is 6.94. The minimum atomic E-state index is -4.55. The maximum Gasteiger partial charge on any atom is 0.420 e. The Kier molecular flexibility index (Phi) is 8.74. The van der Waals surface area contributed by atoms with E-state index in [2.05, 4.69) is 17.2 Å². The van der Waals surface area contributed by atoms with Crippen LogP contribution < -0.4 is 15.8 Å². The number of thiophene rings is 1. The van der Waals surface area contributed by atoms with E-state index < -0.39 is 17.6 Å². The topological polar surface area (TPSA) is 77.2 Å². The molecule has 2 aromatic heterocycles. The zero-order valence-corrected chi connectivity index (χ0v) is 19.8. The number of carbonyl (C=O) groups excluding carboxylic acids is 1. The molecule has 3 rings (SSSR count). The van der Waals surface area contributed by atoms with Crippen molar-refractivity contribution in [1.82, 2.24) is 4.98 Å². The number of halogens is 3. The SMILES string of the molecule is CCCCCCCCOc1ccc(Nc2nc(-c3ccsc3C(N)=O)cs2)cc1C(F)(F)F. The largest absolute Gasteiger partial charge is 0.493 e. The minimum absolute atomic E-state index is 0.175. The van der Waals surface area contributed by atoms with Crippen LogP contribution in [0.4, 0.5) is 24.0 Å². The Morgan fingerprint density at radius 3 is 2.61 bits per heavy atom. The van der Waals surface area contributed by atoms with Gasteiger partial charge in [-0.25, -0.2) is 4.98 Å². The number of primary amides is 1. The molecule has 10 heteroatoms. The first-order chi connectivity index (χ1) is 15.8. The van der Waals surface area contributed by atoms with Crippen LogP contribution in [0.15, 0.2) is 35.0 Å². The Morgan fingerprint density at radius 1 is 1.12 bits per heavy atom. The molecule has 0 saturated heterocycles. The van der Waals surface area contributed by atoms with E-state index in [1.807, 2.05) is 0 Å². The van der Waals surface area contributed by atoms with Crippen LogP contribution >= 0.6 is 22.7 Å². The molecule has 0 radical (unpaired) electrons. The van der Waals surface area contributed by atoms with Crippen LogP contribution in [0, 0.1) is 0 Å². The zero-order chi connectivity index (χ0) is 23.8. The molecule has 0 aliphatic carbocycles. The lowest BCUT2D eigenvalue weighted by molar-refractivity contribution is -0.138. The van der Waals surface area contributed by atoms with Gasteiger partial charge in [-0.2, -0.15) is 13.2 Å². The lowest BCUT2D eigenvalue weighted by Crippen LogP contribution is -2.10. The fourth-order valence-electron chi connectivity index (χ4n) is 3.30. The molecule has 0 saturated carbocycles. The average molecular weight is 498 g/mol. The normalized spacial score (nSPS) is 11.5. The highest BCUT2D eigenvalue weighted by molar-refractivity contribution is 7.14. The van der Waals surface area contributed by atoms with Crippen LogP contribution in [0.25, 0.3) is 11.3 Å². The maximum atomic E-state index is 13.6. The van der Waals surface area contributed by atoms with Crippen LogP contribution in [0.3, 0.4) is 0 Å². The van der Waals surface area contributed by atoms with Crippen molar-refractivity contribution in [1.29, 1.82) is 0 Å². The number of thiazole rings is 1. The molecule has 3 N–H and O–H groups in total. The van der Waals surface area contributed by atoms with Crippen molar-refractivity contribution in [3.8, 4) is 17.0 Å². The number of nitrogens with two attached hydrogens (primary N) is 1. The van der Waals surface area contributed by atoms with Gasteiger partial charge in [0, 0.05) is 16.6 Å². The number of carbonyl (C=O) groups is 1. The zero-order valence-electron chi connectivity index (χ0n) is 18.2. The number of anilines is 2. The Balaban J connectivity index is 1.67. The minimum Gasteiger partial charge on any atom is -0.493 e. The van der Waals surface area contributed by atoms with Gasteiger partial charge in [0.2, 0.25) is 0 Å². The number of nitrogens with one attached hydrogen (secondary N) is 1. The van der Waals surface area contributed by atoms with Crippen molar-refractivity contribution < 1.29 is 22.7 Å². The second-order valence-corrected chi connectivity index (χ2v) is 9.29. The van der Waals surface area contributed by atoms with Crippen LogP contribution in [0.5, 0.6) is 5.75 Å². The number of benzene rings is 1. The third-order valence-corrected chi connectivity index (χ3v) is 6.65. The van der Waals surface area contributed by atoms with E-state index in [0.717, 1.165) is 38.2 Å². The quantitative estimate of drug-likeness (QED) is 0.254. The van der Waals surface area contributed by atoms with Crippen molar-refractivity contribution in [2.24, 2.45) is 5.73 Å². The summed E-state index contributed by atoms with van der Waals surface area (Å²) in [6.45, 7) is 2.39. The first-order valence-electron chi connectivity index (χ1n) is 10.7. The van der Waals surface area contributed by atoms with Gasteiger partial charge in [0.1, 0.15) is 10.6 Å². The van der Waals surface area contributed by atoms with Crippen LogP contribution in [-0.4, -0.2) is 17.5 Å². The number of rotatable bonds is 12. The summed E-state index contributed by atoms with van der Waals surface area (Å²) in [7, 11) is 0. The van der Waals surface area contributed by atoms with Gasteiger partial charge < -0.3 is 15.8 Å². The summed E-state index contributed by atoms with van der Waals surface area (Å²) in [6.07, 6.45) is 1.64. The van der Waals surface area contributed by atoms with Crippen molar-refractivity contribution in [2.45, 2.75) is 51.6 Å². The lowest BCUT2D eigenvalue weighted by Gasteiger charge is -2.15. The van der Waals surface area contributed by atoms with Gasteiger partial charge in [0.05, 0.1) is 17.9 Å². The molecule has 0 spiro atoms. The predicted molar refractivity (Wildman–Crippen MR) is 128 cm³/mol. The molecule has 2 heterocycles. The Hall–Kier alpha value is -2.59. The van der Waals surface area contributed by atoms with Crippen molar-refractivity contribution in [3.63, 3.8) is 0 Å². The molecular weight excluding hydrogens is 471 g/mol. The summed E-state index contributed by atoms with van der Waals surface area (Å²) in [5.41, 5.74) is 5.94. The molecular formula is C23H26F3N3O2S2. The van der Waals surface area contributed by atoms with Gasteiger partial charge in [-0.3, -0.25) is 4.79 Å². The number of ether oxygens (including phenoxy) is 1. The monoisotopic (exact) mass is 497 g/mol. The van der Waals surface area contributed by atoms with Crippen molar-refractivity contribution in [2.75, 3.05) is 11.9 Å². The highest BCUT2D eigenvalue weighted by atomic mass is 32.1. The molecule has 0 bridgehead atoms. The van der Waals surface area contributed by atoms with Gasteiger partial charge >= 0.3 is 6.18 Å². The fourth-order valence-corrected chi connectivity index (χ4v) is 4.79. The molecule has 5 nitrogen and oxygen atoms in total. The highest BCUT2D eigenvalue weighted by Crippen LogP contribution is 2.39. The number of hydrogen-bond donors (Lipinski definition) is 2. The summed E-state index contributed by atoms with van der Waals surface area (Å²) in [4.78, 5) is 16.3. The van der Waals surface area contributed by atoms with Crippen LogP contribution in [-0.2, 0) is 6.18 Å². The Labute approximate surface area is 198 Å². The smallest absolute Gasteiger partial charge is 0.420 e.